The second-order valence-corrected chi connectivity index (χ2v) is 9.51. The maximum absolute atomic E-state index is 11.7. The topological polar surface area (TPSA) is 82.8 Å². The van der Waals surface area contributed by atoms with Crippen LogP contribution in [0.3, 0.4) is 0 Å². The number of carbonyl (C=O) groups excluding carboxylic acids is 1. The molecule has 2 heterocycles. The number of carbonyl (C=O) groups is 1. The van der Waals surface area contributed by atoms with E-state index in [1.165, 1.54) is 12.8 Å². The minimum absolute atomic E-state index is 0.0547. The van der Waals surface area contributed by atoms with Crippen LogP contribution in [0.4, 0.5) is 0 Å². The van der Waals surface area contributed by atoms with E-state index in [4.69, 9.17) is 32.2 Å². The molecule has 2 aliphatic heterocycles. The fraction of sp³-hybridized carbons (Fsp3) is 0.905. The van der Waals surface area contributed by atoms with Gasteiger partial charge in [-0.05, 0) is 58.3 Å². The smallest absolute Gasteiger partial charge is 0.217 e. The van der Waals surface area contributed by atoms with Crippen LogP contribution in [0.2, 0.25) is 0 Å². The summed E-state index contributed by atoms with van der Waals surface area (Å²) in [6.07, 6.45) is 9.10. The summed E-state index contributed by atoms with van der Waals surface area (Å²) in [7, 11) is 0. The molecule has 1 amide bonds. The van der Waals surface area contributed by atoms with E-state index in [0.717, 1.165) is 45.1 Å². The number of ether oxygens (including phenoxy) is 3. The van der Waals surface area contributed by atoms with Crippen molar-refractivity contribution >= 4 is 23.1 Å². The van der Waals surface area contributed by atoms with Gasteiger partial charge in [-0.15, -0.1) is 0 Å². The van der Waals surface area contributed by atoms with Crippen LogP contribution < -0.4 is 11.1 Å². The van der Waals surface area contributed by atoms with Gasteiger partial charge in [-0.3, -0.25) is 4.79 Å². The van der Waals surface area contributed by atoms with Crippen LogP contribution in [0.1, 0.15) is 65.2 Å². The normalized spacial score (nSPS) is 34.6. The van der Waals surface area contributed by atoms with Gasteiger partial charge in [-0.25, -0.2) is 0 Å². The Hall–Kier alpha value is -0.760. The molecular weight excluding hydrogens is 376 g/mol. The van der Waals surface area contributed by atoms with E-state index in [1.54, 1.807) is 6.92 Å². The third kappa shape index (κ3) is 5.88. The molecule has 0 radical (unpaired) electrons. The second-order valence-electron chi connectivity index (χ2n) is 9.04. The highest BCUT2D eigenvalue weighted by Crippen LogP contribution is 2.43. The predicted molar refractivity (Wildman–Crippen MR) is 112 cm³/mol. The summed E-state index contributed by atoms with van der Waals surface area (Å²) in [5.74, 6) is 0.288. The molecular formula is C21H36N2O4S. The minimum atomic E-state index is -0.150. The first kappa shape index (κ1) is 21.9. The molecule has 0 aromatic rings. The average molecular weight is 413 g/mol. The number of nitrogens with one attached hydrogen (secondary N) is 1. The zero-order valence-electron chi connectivity index (χ0n) is 17.3. The van der Waals surface area contributed by atoms with Crippen molar-refractivity contribution in [3.63, 3.8) is 0 Å². The molecule has 3 N–H and O–H groups in total. The lowest BCUT2D eigenvalue weighted by Gasteiger charge is -2.46. The van der Waals surface area contributed by atoms with Crippen molar-refractivity contribution in [2.24, 2.45) is 17.1 Å². The molecule has 2 atom stereocenters. The van der Waals surface area contributed by atoms with Crippen LogP contribution >= 0.6 is 12.2 Å². The lowest BCUT2D eigenvalue weighted by Crippen LogP contribution is -2.50. The molecule has 2 saturated carbocycles. The number of nitrogens with two attached hydrogens (primary N) is 1. The zero-order valence-corrected chi connectivity index (χ0v) is 18.1. The van der Waals surface area contributed by atoms with E-state index in [0.29, 0.717) is 30.2 Å². The standard InChI is InChI=1S/C21H36N2O4S/c1-14(26-12-21-9-7-18(8-10-21)27-13-21)19(23-15(2)24)11-25-17-5-3-16(4-6-17)20(22)28/h14,16-19H,3-13H2,1-2H3,(H2,22,28)(H,23,24)/t14-,16?,17?,18?,19?,21?/m1/s1. The van der Waals surface area contributed by atoms with Crippen LogP contribution in [0, 0.1) is 11.3 Å². The number of fused-ring (bicyclic) bond motifs is 3. The third-order valence-electron chi connectivity index (χ3n) is 6.81. The predicted octanol–water partition coefficient (Wildman–Crippen LogP) is 2.72. The summed E-state index contributed by atoms with van der Waals surface area (Å²) in [6, 6.07) is -0.150. The van der Waals surface area contributed by atoms with E-state index in [-0.39, 0.29) is 29.6 Å². The van der Waals surface area contributed by atoms with Gasteiger partial charge in [0.25, 0.3) is 0 Å². The zero-order chi connectivity index (χ0) is 20.1. The Balaban J connectivity index is 1.46. The summed E-state index contributed by atoms with van der Waals surface area (Å²) in [5.41, 5.74) is 5.92. The Morgan fingerprint density at radius 1 is 1.25 bits per heavy atom. The Bertz CT molecular complexity index is 529. The Labute approximate surface area is 174 Å². The van der Waals surface area contributed by atoms with Crippen LogP contribution in [0.25, 0.3) is 0 Å². The van der Waals surface area contributed by atoms with E-state index >= 15 is 0 Å². The maximum Gasteiger partial charge on any atom is 0.217 e. The van der Waals surface area contributed by atoms with Crippen molar-refractivity contribution in [1.29, 1.82) is 0 Å². The van der Waals surface area contributed by atoms with Crippen LogP contribution in [-0.2, 0) is 19.0 Å². The average Bonchev–Trinajstić information content (AvgIpc) is 2.71. The van der Waals surface area contributed by atoms with E-state index in [2.05, 4.69) is 5.32 Å². The SMILES string of the molecule is CC(=O)NC(COC1CCC(C(N)=S)CC1)[C@@H](C)OCC12CCC(CC1)OC2. The highest BCUT2D eigenvalue weighted by molar-refractivity contribution is 7.80. The van der Waals surface area contributed by atoms with Crippen molar-refractivity contribution in [3.8, 4) is 0 Å². The first-order chi connectivity index (χ1) is 13.4. The summed E-state index contributed by atoms with van der Waals surface area (Å²) in [6.45, 7) is 5.53. The highest BCUT2D eigenvalue weighted by atomic mass is 32.1. The summed E-state index contributed by atoms with van der Waals surface area (Å²) in [4.78, 5) is 12.3. The number of rotatable bonds is 9. The van der Waals surface area contributed by atoms with E-state index in [9.17, 15) is 4.79 Å². The Kier molecular flexibility index (Phi) is 7.70. The molecule has 0 spiro atoms. The van der Waals surface area contributed by atoms with Gasteiger partial charge >= 0.3 is 0 Å². The van der Waals surface area contributed by atoms with Gasteiger partial charge < -0.3 is 25.3 Å². The first-order valence-corrected chi connectivity index (χ1v) is 11.2. The van der Waals surface area contributed by atoms with Gasteiger partial charge in [-0.2, -0.15) is 0 Å². The fourth-order valence-corrected chi connectivity index (χ4v) is 4.96. The lowest BCUT2D eigenvalue weighted by molar-refractivity contribution is -0.154. The largest absolute Gasteiger partial charge is 0.393 e. The van der Waals surface area contributed by atoms with Crippen LogP contribution in [0.5, 0.6) is 0 Å². The van der Waals surface area contributed by atoms with Gasteiger partial charge in [0.05, 0.1) is 49.2 Å². The number of amides is 1. The number of hydrogen-bond acceptors (Lipinski definition) is 5. The van der Waals surface area contributed by atoms with Gasteiger partial charge in [0, 0.05) is 18.3 Å². The van der Waals surface area contributed by atoms with Crippen molar-refractivity contribution in [2.45, 2.75) is 89.6 Å². The molecule has 6 nitrogen and oxygen atoms in total. The quantitative estimate of drug-likeness (QED) is 0.567. The summed E-state index contributed by atoms with van der Waals surface area (Å²) >= 11 is 5.11. The van der Waals surface area contributed by atoms with Crippen molar-refractivity contribution in [3.05, 3.63) is 0 Å². The molecule has 4 fully saturated rings. The molecule has 1 unspecified atom stereocenters. The first-order valence-electron chi connectivity index (χ1n) is 10.8. The lowest BCUT2D eigenvalue weighted by atomic mass is 9.72. The fourth-order valence-electron chi connectivity index (χ4n) is 4.73. The highest BCUT2D eigenvalue weighted by Gasteiger charge is 2.42. The molecule has 2 aliphatic carbocycles. The van der Waals surface area contributed by atoms with Gasteiger partial charge in [-0.1, -0.05) is 12.2 Å². The minimum Gasteiger partial charge on any atom is -0.393 e. The number of hydrogen-bond donors (Lipinski definition) is 2. The van der Waals surface area contributed by atoms with Crippen molar-refractivity contribution < 1.29 is 19.0 Å². The summed E-state index contributed by atoms with van der Waals surface area (Å²) in [5, 5.41) is 3.01. The Morgan fingerprint density at radius 3 is 2.46 bits per heavy atom. The molecule has 4 rings (SSSR count). The van der Waals surface area contributed by atoms with E-state index < -0.39 is 0 Å². The maximum atomic E-state index is 11.7. The van der Waals surface area contributed by atoms with E-state index in [1.807, 2.05) is 6.92 Å². The molecule has 0 aromatic heterocycles. The second kappa shape index (κ2) is 9.83. The van der Waals surface area contributed by atoms with Crippen LogP contribution in [-0.4, -0.2) is 55.1 Å². The number of thiocarbonyl (C=S) groups is 1. The van der Waals surface area contributed by atoms with Gasteiger partial charge in [0.1, 0.15) is 0 Å². The molecule has 0 aromatic carbocycles. The molecule has 160 valence electrons. The van der Waals surface area contributed by atoms with Crippen molar-refractivity contribution in [1.82, 2.24) is 5.32 Å². The van der Waals surface area contributed by atoms with Crippen molar-refractivity contribution in [2.75, 3.05) is 19.8 Å². The monoisotopic (exact) mass is 412 g/mol. The third-order valence-corrected chi connectivity index (χ3v) is 7.15. The molecule has 2 bridgehead atoms. The molecule has 4 aliphatic rings. The molecule has 28 heavy (non-hydrogen) atoms. The molecule has 2 saturated heterocycles. The Morgan fingerprint density at radius 2 is 1.93 bits per heavy atom. The van der Waals surface area contributed by atoms with Gasteiger partial charge in [0.2, 0.25) is 5.91 Å². The summed E-state index contributed by atoms with van der Waals surface area (Å²) < 4.78 is 18.3. The molecule has 7 heteroatoms. The van der Waals surface area contributed by atoms with Gasteiger partial charge in [0.15, 0.2) is 0 Å². The van der Waals surface area contributed by atoms with Crippen LogP contribution in [0.15, 0.2) is 0 Å².